The van der Waals surface area contributed by atoms with Crippen LogP contribution in [-0.2, 0) is 0 Å². The molecule has 1 N–H and O–H groups in total. The standard InChI is InChI=1S/C22H36O/c1-14(2)18-7-8-19-17-6-5-15-13-16(23)9-11-21(15,3)20(17)10-12-22(18,19)4/h15-20,23H,1,5-13H2,2-4H3/t15-,16-,17-,18+,19-,20-,21-,22+/m0/s1. The van der Waals surface area contributed by atoms with Gasteiger partial charge in [0.05, 0.1) is 6.10 Å². The average Bonchev–Trinajstić information content (AvgIpc) is 2.85. The van der Waals surface area contributed by atoms with E-state index in [1.54, 1.807) is 0 Å². The quantitative estimate of drug-likeness (QED) is 0.626. The highest BCUT2D eigenvalue weighted by atomic mass is 16.3. The van der Waals surface area contributed by atoms with E-state index in [0.717, 1.165) is 42.4 Å². The number of aliphatic hydroxyl groups is 1. The Hall–Kier alpha value is -0.300. The number of fused-ring (bicyclic) bond motifs is 5. The summed E-state index contributed by atoms with van der Waals surface area (Å²) in [6, 6.07) is 0. The van der Waals surface area contributed by atoms with E-state index in [0.29, 0.717) is 10.8 Å². The third kappa shape index (κ3) is 2.21. The topological polar surface area (TPSA) is 20.2 Å². The van der Waals surface area contributed by atoms with Crippen LogP contribution in [0.4, 0.5) is 0 Å². The van der Waals surface area contributed by atoms with Crippen molar-refractivity contribution < 1.29 is 5.11 Å². The van der Waals surface area contributed by atoms with Crippen molar-refractivity contribution in [1.82, 2.24) is 0 Å². The van der Waals surface area contributed by atoms with Gasteiger partial charge in [-0.05, 0) is 105 Å². The molecule has 0 spiro atoms. The SMILES string of the molecule is C=C(C)[C@H]1CC[C@H]2[C@@H]3CC[C@H]4C[C@@H](O)CC[C@]4(C)[C@H]3CC[C@]12C. The zero-order valence-corrected chi connectivity index (χ0v) is 15.5. The molecule has 23 heavy (non-hydrogen) atoms. The summed E-state index contributed by atoms with van der Waals surface area (Å²) in [5.41, 5.74) is 2.49. The van der Waals surface area contributed by atoms with Crippen LogP contribution in [0.2, 0.25) is 0 Å². The van der Waals surface area contributed by atoms with E-state index in [4.69, 9.17) is 0 Å². The van der Waals surface area contributed by atoms with Crippen LogP contribution < -0.4 is 0 Å². The van der Waals surface area contributed by atoms with Crippen molar-refractivity contribution in [2.75, 3.05) is 0 Å². The molecule has 0 heterocycles. The molecule has 4 aliphatic carbocycles. The molecular weight excluding hydrogens is 280 g/mol. The molecule has 4 saturated carbocycles. The van der Waals surface area contributed by atoms with Crippen molar-refractivity contribution in [3.05, 3.63) is 12.2 Å². The lowest BCUT2D eigenvalue weighted by Gasteiger charge is -2.61. The van der Waals surface area contributed by atoms with Crippen LogP contribution in [0.25, 0.3) is 0 Å². The Labute approximate surface area is 142 Å². The molecule has 8 atom stereocenters. The molecular formula is C22H36O. The molecule has 0 radical (unpaired) electrons. The minimum absolute atomic E-state index is 0.0160. The normalized spacial score (nSPS) is 55.7. The fourth-order valence-corrected chi connectivity index (χ4v) is 8.04. The molecule has 0 aromatic carbocycles. The van der Waals surface area contributed by atoms with Crippen LogP contribution in [0, 0.1) is 40.4 Å². The fourth-order valence-electron chi connectivity index (χ4n) is 8.04. The average molecular weight is 317 g/mol. The lowest BCUT2D eigenvalue weighted by Crippen LogP contribution is -2.53. The third-order valence-electron chi connectivity index (χ3n) is 9.23. The second-order valence-electron chi connectivity index (χ2n) is 10.1. The van der Waals surface area contributed by atoms with Gasteiger partial charge in [0, 0.05) is 0 Å². The fraction of sp³-hybridized carbons (Fsp3) is 0.909. The van der Waals surface area contributed by atoms with Crippen LogP contribution in [0.15, 0.2) is 12.2 Å². The molecule has 4 rings (SSSR count). The number of hydrogen-bond donors (Lipinski definition) is 1. The maximum absolute atomic E-state index is 10.1. The minimum atomic E-state index is -0.0160. The first-order valence-electron chi connectivity index (χ1n) is 10.2. The van der Waals surface area contributed by atoms with Gasteiger partial charge in [-0.2, -0.15) is 0 Å². The molecule has 4 fully saturated rings. The highest BCUT2D eigenvalue weighted by Crippen LogP contribution is 2.68. The lowest BCUT2D eigenvalue weighted by molar-refractivity contribution is -0.124. The second kappa shape index (κ2) is 5.35. The van der Waals surface area contributed by atoms with E-state index < -0.39 is 0 Å². The summed E-state index contributed by atoms with van der Waals surface area (Å²) >= 11 is 0. The second-order valence-corrected chi connectivity index (χ2v) is 10.1. The van der Waals surface area contributed by atoms with Crippen molar-refractivity contribution >= 4 is 0 Å². The molecule has 0 aromatic heterocycles. The van der Waals surface area contributed by atoms with Crippen LogP contribution in [0.5, 0.6) is 0 Å². The van der Waals surface area contributed by atoms with Crippen LogP contribution >= 0.6 is 0 Å². The van der Waals surface area contributed by atoms with Crippen molar-refractivity contribution in [2.45, 2.75) is 84.7 Å². The Balaban J connectivity index is 1.61. The maximum Gasteiger partial charge on any atom is 0.0543 e. The largest absolute Gasteiger partial charge is 0.393 e. The predicted molar refractivity (Wildman–Crippen MR) is 96.0 cm³/mol. The van der Waals surface area contributed by atoms with E-state index in [1.165, 1.54) is 50.5 Å². The van der Waals surface area contributed by atoms with Gasteiger partial charge in [-0.15, -0.1) is 0 Å². The van der Waals surface area contributed by atoms with Crippen molar-refractivity contribution in [1.29, 1.82) is 0 Å². The van der Waals surface area contributed by atoms with Gasteiger partial charge in [0.15, 0.2) is 0 Å². The molecule has 0 saturated heterocycles. The molecule has 4 aliphatic rings. The lowest BCUT2D eigenvalue weighted by atomic mass is 9.44. The summed E-state index contributed by atoms with van der Waals surface area (Å²) in [6.07, 6.45) is 11.9. The zero-order valence-electron chi connectivity index (χ0n) is 15.5. The summed E-state index contributed by atoms with van der Waals surface area (Å²) in [6.45, 7) is 11.8. The van der Waals surface area contributed by atoms with Gasteiger partial charge in [0.25, 0.3) is 0 Å². The van der Waals surface area contributed by atoms with E-state index in [1.807, 2.05) is 0 Å². The molecule has 0 aliphatic heterocycles. The van der Waals surface area contributed by atoms with E-state index >= 15 is 0 Å². The van der Waals surface area contributed by atoms with Crippen LogP contribution in [0.3, 0.4) is 0 Å². The van der Waals surface area contributed by atoms with E-state index in [9.17, 15) is 5.11 Å². The van der Waals surface area contributed by atoms with Crippen molar-refractivity contribution in [2.24, 2.45) is 40.4 Å². The molecule has 0 aromatic rings. The van der Waals surface area contributed by atoms with Gasteiger partial charge in [-0.25, -0.2) is 0 Å². The predicted octanol–water partition coefficient (Wildman–Crippen LogP) is 5.58. The van der Waals surface area contributed by atoms with Crippen LogP contribution in [-0.4, -0.2) is 11.2 Å². The van der Waals surface area contributed by atoms with Gasteiger partial charge >= 0.3 is 0 Å². The Morgan fingerprint density at radius 3 is 2.35 bits per heavy atom. The smallest absolute Gasteiger partial charge is 0.0543 e. The van der Waals surface area contributed by atoms with Gasteiger partial charge in [-0.3, -0.25) is 0 Å². The number of hydrogen-bond acceptors (Lipinski definition) is 1. The number of allylic oxidation sites excluding steroid dienone is 1. The minimum Gasteiger partial charge on any atom is -0.393 e. The first-order valence-corrected chi connectivity index (χ1v) is 10.2. The van der Waals surface area contributed by atoms with Crippen molar-refractivity contribution in [3.63, 3.8) is 0 Å². The zero-order chi connectivity index (χ0) is 16.4. The van der Waals surface area contributed by atoms with E-state index in [-0.39, 0.29) is 6.10 Å². The molecule has 130 valence electrons. The summed E-state index contributed by atoms with van der Waals surface area (Å²) in [5, 5.41) is 10.1. The first-order chi connectivity index (χ1) is 10.9. The van der Waals surface area contributed by atoms with E-state index in [2.05, 4.69) is 27.4 Å². The molecule has 1 heteroatoms. The number of aliphatic hydroxyl groups excluding tert-OH is 1. The van der Waals surface area contributed by atoms with Crippen LogP contribution in [0.1, 0.15) is 78.6 Å². The van der Waals surface area contributed by atoms with Gasteiger partial charge in [0.2, 0.25) is 0 Å². The summed E-state index contributed by atoms with van der Waals surface area (Å²) in [5.74, 6) is 4.38. The maximum atomic E-state index is 10.1. The highest BCUT2D eigenvalue weighted by Gasteiger charge is 2.60. The Morgan fingerprint density at radius 1 is 0.913 bits per heavy atom. The summed E-state index contributed by atoms with van der Waals surface area (Å²) in [4.78, 5) is 0. The third-order valence-corrected chi connectivity index (χ3v) is 9.23. The monoisotopic (exact) mass is 316 g/mol. The molecule has 1 nitrogen and oxygen atoms in total. The van der Waals surface area contributed by atoms with Gasteiger partial charge in [0.1, 0.15) is 0 Å². The summed E-state index contributed by atoms with van der Waals surface area (Å²) in [7, 11) is 0. The highest BCUT2D eigenvalue weighted by molar-refractivity contribution is 5.15. The van der Waals surface area contributed by atoms with Gasteiger partial charge in [-0.1, -0.05) is 26.0 Å². The molecule has 0 amide bonds. The summed E-state index contributed by atoms with van der Waals surface area (Å²) < 4.78 is 0. The molecule has 0 unspecified atom stereocenters. The Kier molecular flexibility index (Phi) is 3.76. The Morgan fingerprint density at radius 2 is 1.61 bits per heavy atom. The first kappa shape index (κ1) is 16.2. The number of rotatable bonds is 1. The molecule has 0 bridgehead atoms. The Bertz CT molecular complexity index is 496. The van der Waals surface area contributed by atoms with Gasteiger partial charge < -0.3 is 5.11 Å². The van der Waals surface area contributed by atoms with Crippen molar-refractivity contribution in [3.8, 4) is 0 Å².